The fourth-order valence-corrected chi connectivity index (χ4v) is 1.68. The molecule has 0 atom stereocenters. The predicted molar refractivity (Wildman–Crippen MR) is 65.7 cm³/mol. The number of hydrogen-bond acceptors (Lipinski definition) is 4. The van der Waals surface area contributed by atoms with Crippen LogP contribution in [0.5, 0.6) is 0 Å². The van der Waals surface area contributed by atoms with E-state index < -0.39 is 11.8 Å². The van der Waals surface area contributed by atoms with Crippen molar-refractivity contribution < 1.29 is 13.9 Å². The minimum Gasteiger partial charge on any atom is -0.464 e. The largest absolute Gasteiger partial charge is 0.464 e. The lowest BCUT2D eigenvalue weighted by Gasteiger charge is -2.06. The minimum atomic E-state index is -0.569. The van der Waals surface area contributed by atoms with Crippen LogP contribution in [0.2, 0.25) is 0 Å². The van der Waals surface area contributed by atoms with Gasteiger partial charge in [-0.2, -0.15) is 5.26 Å². The number of rotatable bonds is 2. The van der Waals surface area contributed by atoms with Crippen LogP contribution in [0.3, 0.4) is 0 Å². The molecule has 1 aromatic carbocycles. The molecular weight excluding hydrogens is 247 g/mol. The molecule has 2 rings (SSSR count). The summed E-state index contributed by atoms with van der Waals surface area (Å²) in [4.78, 5) is 15.1. The van der Waals surface area contributed by atoms with Crippen LogP contribution in [-0.2, 0) is 4.74 Å². The molecule has 2 aromatic rings. The first-order valence-electron chi connectivity index (χ1n) is 5.40. The summed E-state index contributed by atoms with van der Waals surface area (Å²) in [5.41, 5.74) is 0.949. The molecule has 0 bridgehead atoms. The maximum Gasteiger partial charge on any atom is 0.356 e. The van der Waals surface area contributed by atoms with Gasteiger partial charge < -0.3 is 4.74 Å². The summed E-state index contributed by atoms with van der Waals surface area (Å²) in [5.74, 6) is -1.08. The second-order valence-corrected chi connectivity index (χ2v) is 3.70. The molecule has 1 heterocycles. The Balaban J connectivity index is 2.49. The van der Waals surface area contributed by atoms with E-state index in [1.807, 2.05) is 6.07 Å². The summed E-state index contributed by atoms with van der Waals surface area (Å²) in [6, 6.07) is 9.13. The van der Waals surface area contributed by atoms with Crippen molar-refractivity contribution in [3.63, 3.8) is 0 Å². The summed E-state index contributed by atoms with van der Waals surface area (Å²) in [5, 5.41) is 8.97. The smallest absolute Gasteiger partial charge is 0.356 e. The number of aromatic nitrogens is 1. The van der Waals surface area contributed by atoms with E-state index in [4.69, 9.17) is 5.26 Å². The lowest BCUT2D eigenvalue weighted by molar-refractivity contribution is 0.0594. The third-order valence-corrected chi connectivity index (χ3v) is 2.58. The number of carbonyl (C=O) groups is 1. The van der Waals surface area contributed by atoms with E-state index in [0.717, 1.165) is 0 Å². The molecule has 4 nitrogen and oxygen atoms in total. The molecule has 0 N–H and O–H groups in total. The van der Waals surface area contributed by atoms with Crippen LogP contribution in [0.25, 0.3) is 11.1 Å². The molecule has 94 valence electrons. The number of nitrogens with zero attached hydrogens (tertiary/aromatic N) is 2. The molecule has 0 unspecified atom stereocenters. The number of ether oxygens (including phenoxy) is 1. The zero-order valence-corrected chi connectivity index (χ0v) is 10.1. The fraction of sp³-hybridized carbons (Fsp3) is 0.0714. The van der Waals surface area contributed by atoms with E-state index >= 15 is 0 Å². The third kappa shape index (κ3) is 2.43. The molecule has 5 heteroatoms. The Morgan fingerprint density at radius 3 is 2.74 bits per heavy atom. The third-order valence-electron chi connectivity index (χ3n) is 2.58. The van der Waals surface area contributed by atoms with Crippen LogP contribution in [0.4, 0.5) is 4.39 Å². The highest BCUT2D eigenvalue weighted by molar-refractivity contribution is 5.87. The summed E-state index contributed by atoms with van der Waals surface area (Å²) in [7, 11) is 1.25. The minimum absolute atomic E-state index is 0.126. The Bertz CT molecular complexity index is 660. The maximum atomic E-state index is 13.8. The number of methoxy groups -OCH3 is 1. The number of benzene rings is 1. The monoisotopic (exact) mass is 256 g/mol. The number of hydrogen-bond donors (Lipinski definition) is 0. The topological polar surface area (TPSA) is 63.0 Å². The second-order valence-electron chi connectivity index (χ2n) is 3.70. The van der Waals surface area contributed by atoms with E-state index in [-0.39, 0.29) is 16.8 Å². The molecule has 0 saturated carbocycles. The second kappa shape index (κ2) is 5.27. The molecule has 0 aliphatic heterocycles. The summed E-state index contributed by atoms with van der Waals surface area (Å²) < 4.78 is 18.3. The van der Waals surface area contributed by atoms with Crippen molar-refractivity contribution in [1.29, 1.82) is 5.26 Å². The van der Waals surface area contributed by atoms with Gasteiger partial charge >= 0.3 is 5.97 Å². The van der Waals surface area contributed by atoms with Crippen molar-refractivity contribution in [2.75, 3.05) is 7.11 Å². The lowest BCUT2D eigenvalue weighted by Crippen LogP contribution is -2.03. The summed E-state index contributed by atoms with van der Waals surface area (Å²) >= 11 is 0. The van der Waals surface area contributed by atoms with Crippen molar-refractivity contribution in [3.05, 3.63) is 53.6 Å². The van der Waals surface area contributed by atoms with Gasteiger partial charge in [-0.3, -0.25) is 0 Å². The number of pyridine rings is 1. The van der Waals surface area contributed by atoms with Crippen molar-refractivity contribution in [2.45, 2.75) is 0 Å². The van der Waals surface area contributed by atoms with E-state index in [1.54, 1.807) is 0 Å². The molecule has 0 spiro atoms. The first-order valence-corrected chi connectivity index (χ1v) is 5.40. The van der Waals surface area contributed by atoms with Crippen molar-refractivity contribution in [1.82, 2.24) is 4.98 Å². The molecule has 1 aromatic heterocycles. The van der Waals surface area contributed by atoms with Gasteiger partial charge in [0.1, 0.15) is 11.5 Å². The van der Waals surface area contributed by atoms with Crippen LogP contribution >= 0.6 is 0 Å². The average Bonchev–Trinajstić information content (AvgIpc) is 2.46. The normalized spacial score (nSPS) is 9.74. The SMILES string of the molecule is COC(=O)c1ccc(-c2c(F)cccc2C#N)cn1. The van der Waals surface area contributed by atoms with Gasteiger partial charge in [-0.05, 0) is 18.2 Å². The molecule has 0 radical (unpaired) electrons. The van der Waals surface area contributed by atoms with Crippen LogP contribution in [0, 0.1) is 17.1 Å². The number of esters is 1. The quantitative estimate of drug-likeness (QED) is 0.774. The lowest BCUT2D eigenvalue weighted by atomic mass is 10.0. The number of nitriles is 1. The molecular formula is C14H9FN2O2. The Kier molecular flexibility index (Phi) is 3.53. The Hall–Kier alpha value is -2.74. The number of carbonyl (C=O) groups excluding carboxylic acids is 1. The van der Waals surface area contributed by atoms with Crippen LogP contribution in [-0.4, -0.2) is 18.1 Å². The van der Waals surface area contributed by atoms with Crippen molar-refractivity contribution in [2.24, 2.45) is 0 Å². The Morgan fingerprint density at radius 2 is 2.16 bits per heavy atom. The van der Waals surface area contributed by atoms with Crippen LogP contribution < -0.4 is 0 Å². The van der Waals surface area contributed by atoms with E-state index in [9.17, 15) is 9.18 Å². The average molecular weight is 256 g/mol. The highest BCUT2D eigenvalue weighted by Gasteiger charge is 2.12. The van der Waals surface area contributed by atoms with Gasteiger partial charge in [0.15, 0.2) is 0 Å². The number of halogens is 1. The van der Waals surface area contributed by atoms with E-state index in [1.165, 1.54) is 43.6 Å². The van der Waals surface area contributed by atoms with Crippen LogP contribution in [0.1, 0.15) is 16.1 Å². The van der Waals surface area contributed by atoms with Gasteiger partial charge in [-0.25, -0.2) is 14.2 Å². The van der Waals surface area contributed by atoms with E-state index in [0.29, 0.717) is 5.56 Å². The Labute approximate surface area is 109 Å². The van der Waals surface area contributed by atoms with Crippen molar-refractivity contribution >= 4 is 5.97 Å². The Morgan fingerprint density at radius 1 is 1.37 bits per heavy atom. The molecule has 19 heavy (non-hydrogen) atoms. The summed E-state index contributed by atoms with van der Waals surface area (Å²) in [6.07, 6.45) is 1.34. The first-order chi connectivity index (χ1) is 9.17. The van der Waals surface area contributed by atoms with Gasteiger partial charge in [-0.15, -0.1) is 0 Å². The van der Waals surface area contributed by atoms with Crippen molar-refractivity contribution in [3.8, 4) is 17.2 Å². The van der Waals surface area contributed by atoms with Gasteiger partial charge in [0.05, 0.1) is 18.7 Å². The van der Waals surface area contributed by atoms with Gasteiger partial charge in [0.2, 0.25) is 0 Å². The molecule has 0 fully saturated rings. The van der Waals surface area contributed by atoms with Crippen LogP contribution in [0.15, 0.2) is 36.5 Å². The fourth-order valence-electron chi connectivity index (χ4n) is 1.68. The first kappa shape index (κ1) is 12.7. The van der Waals surface area contributed by atoms with Gasteiger partial charge in [-0.1, -0.05) is 12.1 Å². The van der Waals surface area contributed by atoms with Gasteiger partial charge in [0.25, 0.3) is 0 Å². The molecule has 0 amide bonds. The zero-order valence-electron chi connectivity index (χ0n) is 10.1. The highest BCUT2D eigenvalue weighted by Crippen LogP contribution is 2.26. The summed E-state index contributed by atoms with van der Waals surface area (Å²) in [6.45, 7) is 0. The molecule has 0 saturated heterocycles. The maximum absolute atomic E-state index is 13.8. The molecule has 0 aliphatic rings. The van der Waals surface area contributed by atoms with E-state index in [2.05, 4.69) is 9.72 Å². The van der Waals surface area contributed by atoms with Gasteiger partial charge in [0, 0.05) is 17.3 Å². The zero-order chi connectivity index (χ0) is 13.8. The standard InChI is InChI=1S/C14H9FN2O2/c1-19-14(18)12-6-5-10(8-17-12)13-9(7-16)3-2-4-11(13)15/h2-6,8H,1H3. The predicted octanol–water partition coefficient (Wildman–Crippen LogP) is 2.55. The molecule has 0 aliphatic carbocycles. The highest BCUT2D eigenvalue weighted by atomic mass is 19.1.